The number of aromatic amines is 1. The molecule has 2 heterocycles. The number of rotatable bonds is 8. The quantitative estimate of drug-likeness (QED) is 0.350. The van der Waals surface area contributed by atoms with E-state index >= 15 is 0 Å². The molecule has 0 atom stereocenters. The molecular weight excluding hydrogens is 410 g/mol. The Hall–Kier alpha value is -4.39. The zero-order chi connectivity index (χ0) is 22.5. The Morgan fingerprint density at radius 2 is 1.58 bits per heavy atom. The molecule has 2 aromatic heterocycles. The number of nitrogens with zero attached hydrogens (tertiary/aromatic N) is 6. The van der Waals surface area contributed by atoms with Gasteiger partial charge in [-0.25, -0.2) is 9.67 Å². The van der Waals surface area contributed by atoms with Gasteiger partial charge in [-0.2, -0.15) is 10.3 Å². The van der Waals surface area contributed by atoms with Crippen LogP contribution in [0.5, 0.6) is 0 Å². The van der Waals surface area contributed by atoms with Crippen molar-refractivity contribution >= 4 is 0 Å². The van der Waals surface area contributed by atoms with Crippen LogP contribution >= 0.6 is 0 Å². The second-order valence-corrected chi connectivity index (χ2v) is 7.67. The van der Waals surface area contributed by atoms with Crippen LogP contribution in [0, 0.1) is 0 Å². The van der Waals surface area contributed by atoms with Crippen molar-refractivity contribution in [3.63, 3.8) is 0 Å². The molecule has 0 aliphatic rings. The number of tetrazole rings is 1. The lowest BCUT2D eigenvalue weighted by molar-refractivity contribution is 0.595. The third kappa shape index (κ3) is 4.48. The molecule has 5 rings (SSSR count). The zero-order valence-corrected chi connectivity index (χ0v) is 18.1. The fourth-order valence-corrected chi connectivity index (χ4v) is 3.80. The van der Waals surface area contributed by atoms with Gasteiger partial charge in [0, 0.05) is 24.1 Å². The van der Waals surface area contributed by atoms with Gasteiger partial charge >= 0.3 is 0 Å². The molecule has 0 amide bonds. The van der Waals surface area contributed by atoms with Gasteiger partial charge in [0.05, 0.1) is 0 Å². The van der Waals surface area contributed by atoms with Crippen molar-refractivity contribution in [1.82, 2.24) is 35.4 Å². The average molecular weight is 434 g/mol. The molecule has 0 spiro atoms. The summed E-state index contributed by atoms with van der Waals surface area (Å²) in [6, 6.07) is 26.7. The van der Waals surface area contributed by atoms with Gasteiger partial charge in [0.2, 0.25) is 5.82 Å². The molecule has 0 bridgehead atoms. The second kappa shape index (κ2) is 9.40. The maximum absolute atomic E-state index is 4.85. The van der Waals surface area contributed by atoms with Crippen LogP contribution in [0.1, 0.15) is 17.8 Å². The van der Waals surface area contributed by atoms with Crippen LogP contribution in [0.25, 0.3) is 33.9 Å². The van der Waals surface area contributed by atoms with Gasteiger partial charge in [-0.15, -0.1) is 16.8 Å². The van der Waals surface area contributed by atoms with Crippen molar-refractivity contribution in [2.75, 3.05) is 0 Å². The number of hydrogen-bond donors (Lipinski definition) is 1. The van der Waals surface area contributed by atoms with Crippen molar-refractivity contribution in [1.29, 1.82) is 0 Å². The van der Waals surface area contributed by atoms with Crippen molar-refractivity contribution in [3.05, 3.63) is 103 Å². The highest BCUT2D eigenvalue weighted by Crippen LogP contribution is 2.30. The molecule has 0 saturated heterocycles. The van der Waals surface area contributed by atoms with Gasteiger partial charge in [-0.3, -0.25) is 0 Å². The number of aromatic nitrogens is 7. The largest absolute Gasteiger partial charge is 0.249 e. The summed E-state index contributed by atoms with van der Waals surface area (Å²) in [5.41, 5.74) is 5.28. The fourth-order valence-electron chi connectivity index (χ4n) is 3.80. The zero-order valence-electron chi connectivity index (χ0n) is 18.1. The number of aryl methyl sites for hydroxylation is 1. The van der Waals surface area contributed by atoms with Crippen molar-refractivity contribution in [2.24, 2.45) is 0 Å². The van der Waals surface area contributed by atoms with Crippen LogP contribution in [0.15, 0.2) is 91.5 Å². The summed E-state index contributed by atoms with van der Waals surface area (Å²) in [5, 5.41) is 19.2. The lowest BCUT2D eigenvalue weighted by Crippen LogP contribution is -2.06. The highest BCUT2D eigenvalue weighted by molar-refractivity contribution is 5.80. The van der Waals surface area contributed by atoms with E-state index < -0.39 is 0 Å². The first-order valence-electron chi connectivity index (χ1n) is 10.8. The Morgan fingerprint density at radius 1 is 0.818 bits per heavy atom. The third-order valence-corrected chi connectivity index (χ3v) is 5.47. The smallest absolute Gasteiger partial charge is 0.205 e. The minimum atomic E-state index is 0.582. The SMILES string of the molecule is C=CCCn1nc(-c2ccccc2)nc1Cc1ccc(-c2ccccc2-c2nn[nH]n2)cc1. The van der Waals surface area contributed by atoms with E-state index in [9.17, 15) is 0 Å². The second-order valence-electron chi connectivity index (χ2n) is 7.67. The van der Waals surface area contributed by atoms with Crippen LogP contribution in [-0.2, 0) is 13.0 Å². The maximum atomic E-state index is 4.85. The first-order valence-corrected chi connectivity index (χ1v) is 10.8. The summed E-state index contributed by atoms with van der Waals surface area (Å²) >= 11 is 0. The summed E-state index contributed by atoms with van der Waals surface area (Å²) < 4.78 is 1.99. The normalized spacial score (nSPS) is 10.9. The Labute approximate surface area is 191 Å². The fraction of sp³-hybridized carbons (Fsp3) is 0.115. The van der Waals surface area contributed by atoms with E-state index in [4.69, 9.17) is 10.1 Å². The van der Waals surface area contributed by atoms with Gasteiger partial charge in [-0.05, 0) is 28.3 Å². The molecule has 5 aromatic rings. The Kier molecular flexibility index (Phi) is 5.84. The summed E-state index contributed by atoms with van der Waals surface area (Å²) in [6.45, 7) is 4.60. The van der Waals surface area contributed by atoms with E-state index in [1.807, 2.05) is 59.3 Å². The van der Waals surface area contributed by atoms with E-state index in [-0.39, 0.29) is 0 Å². The Morgan fingerprint density at radius 3 is 2.30 bits per heavy atom. The highest BCUT2D eigenvalue weighted by Gasteiger charge is 2.13. The van der Waals surface area contributed by atoms with Crippen molar-refractivity contribution in [2.45, 2.75) is 19.4 Å². The molecule has 1 N–H and O–H groups in total. The molecule has 3 aromatic carbocycles. The molecule has 0 radical (unpaired) electrons. The highest BCUT2D eigenvalue weighted by atomic mass is 15.5. The minimum Gasteiger partial charge on any atom is -0.249 e. The topological polar surface area (TPSA) is 85.2 Å². The van der Waals surface area contributed by atoms with Crippen LogP contribution in [0.4, 0.5) is 0 Å². The summed E-state index contributed by atoms with van der Waals surface area (Å²) in [4.78, 5) is 4.85. The van der Waals surface area contributed by atoms with E-state index in [0.29, 0.717) is 12.2 Å². The Bertz CT molecular complexity index is 1340. The van der Waals surface area contributed by atoms with Gasteiger partial charge in [-0.1, -0.05) is 84.9 Å². The molecule has 7 heteroatoms. The van der Waals surface area contributed by atoms with Crippen LogP contribution < -0.4 is 0 Å². The molecular formula is C26H23N7. The monoisotopic (exact) mass is 433 g/mol. The number of hydrogen-bond acceptors (Lipinski definition) is 5. The standard InChI is InChI=1S/C26H23N7/c1-2-3-17-33-24(27-25(30-33)21-9-5-4-6-10-21)18-19-13-15-20(16-14-19)22-11-7-8-12-23(22)26-28-31-32-29-26/h2,4-16H,1,3,17-18H2,(H,28,29,31,32). The van der Waals surface area contributed by atoms with Crippen molar-refractivity contribution in [3.8, 4) is 33.9 Å². The summed E-state index contributed by atoms with van der Waals surface area (Å²) in [5.74, 6) is 2.27. The number of allylic oxidation sites excluding steroid dienone is 1. The van der Waals surface area contributed by atoms with Crippen LogP contribution in [-0.4, -0.2) is 35.4 Å². The van der Waals surface area contributed by atoms with Gasteiger partial charge in [0.1, 0.15) is 5.82 Å². The predicted molar refractivity (Wildman–Crippen MR) is 128 cm³/mol. The van der Waals surface area contributed by atoms with Gasteiger partial charge < -0.3 is 0 Å². The molecule has 0 unspecified atom stereocenters. The number of nitrogens with one attached hydrogen (secondary N) is 1. The van der Waals surface area contributed by atoms with E-state index in [2.05, 4.69) is 57.5 Å². The average Bonchev–Trinajstić information content (AvgIpc) is 3.54. The number of benzene rings is 3. The summed E-state index contributed by atoms with van der Waals surface area (Å²) in [6.07, 6.45) is 3.45. The van der Waals surface area contributed by atoms with Gasteiger partial charge in [0.15, 0.2) is 5.82 Å². The lowest BCUT2D eigenvalue weighted by atomic mass is 9.98. The molecule has 162 valence electrons. The van der Waals surface area contributed by atoms with Crippen LogP contribution in [0.3, 0.4) is 0 Å². The summed E-state index contributed by atoms with van der Waals surface area (Å²) in [7, 11) is 0. The lowest BCUT2D eigenvalue weighted by Gasteiger charge is -2.08. The molecule has 0 fully saturated rings. The minimum absolute atomic E-state index is 0.582. The first kappa shape index (κ1) is 20.5. The maximum Gasteiger partial charge on any atom is 0.205 e. The molecule has 33 heavy (non-hydrogen) atoms. The van der Waals surface area contributed by atoms with Crippen molar-refractivity contribution < 1.29 is 0 Å². The molecule has 0 aliphatic heterocycles. The Balaban J connectivity index is 1.42. The van der Waals surface area contributed by atoms with E-state index in [1.165, 1.54) is 5.56 Å². The molecule has 0 aliphatic carbocycles. The van der Waals surface area contributed by atoms with Gasteiger partial charge in [0.25, 0.3) is 0 Å². The molecule has 0 saturated carbocycles. The van der Waals surface area contributed by atoms with E-state index in [0.717, 1.165) is 46.9 Å². The molecule has 7 nitrogen and oxygen atoms in total. The predicted octanol–water partition coefficient (Wildman–Crippen LogP) is 4.96. The van der Waals surface area contributed by atoms with E-state index in [1.54, 1.807) is 0 Å². The first-order chi connectivity index (χ1) is 16.3. The number of H-pyrrole nitrogens is 1. The third-order valence-electron chi connectivity index (χ3n) is 5.47. The van der Waals surface area contributed by atoms with Crippen LogP contribution in [0.2, 0.25) is 0 Å².